The number of carbonyl (C=O) groups excluding carboxylic acids is 1. The molecule has 0 heterocycles. The summed E-state index contributed by atoms with van der Waals surface area (Å²) in [6, 6.07) is 0. The van der Waals surface area contributed by atoms with Gasteiger partial charge in [0.2, 0.25) is 0 Å². The molecule has 0 fully saturated rings. The van der Waals surface area contributed by atoms with Crippen LogP contribution in [0.4, 0.5) is 0 Å². The number of nitrogens with zero attached hydrogens (tertiary/aromatic N) is 1. The zero-order valence-corrected chi connectivity index (χ0v) is 24.1. The molecule has 8 nitrogen and oxygen atoms in total. The summed E-state index contributed by atoms with van der Waals surface area (Å²) in [5.41, 5.74) is 0. The first-order valence-electron chi connectivity index (χ1n) is 13.1. The molecule has 0 aliphatic carbocycles. The van der Waals surface area contributed by atoms with Gasteiger partial charge in [-0.05, 0) is 44.9 Å². The molecular weight excluding hydrogens is 493 g/mol. The number of likely N-dealkylation sites (N-methyl/N-ethyl adjacent to an activating group) is 1. The molecule has 0 saturated heterocycles. The summed E-state index contributed by atoms with van der Waals surface area (Å²) in [7, 11) is 1.52. The smallest absolute Gasteiger partial charge is 0.463 e. The molecule has 0 aromatic rings. The van der Waals surface area contributed by atoms with E-state index in [1.807, 2.05) is 27.2 Å². The van der Waals surface area contributed by atoms with Crippen molar-refractivity contribution in [3.63, 3.8) is 0 Å². The number of esters is 1. The highest BCUT2D eigenvalue weighted by Gasteiger charge is 2.24. The van der Waals surface area contributed by atoms with Gasteiger partial charge in [0.25, 0.3) is 0 Å². The molecule has 0 rings (SSSR count). The molecule has 0 aliphatic rings. The van der Waals surface area contributed by atoms with Crippen LogP contribution < -0.4 is 0 Å². The van der Waals surface area contributed by atoms with Crippen LogP contribution in [0.2, 0.25) is 0 Å². The van der Waals surface area contributed by atoms with E-state index in [0.29, 0.717) is 17.4 Å². The number of ether oxygens (including phenoxy) is 1. The van der Waals surface area contributed by atoms with E-state index in [2.05, 4.69) is 61.6 Å². The van der Waals surface area contributed by atoms with Crippen molar-refractivity contribution in [2.45, 2.75) is 64.4 Å². The van der Waals surface area contributed by atoms with Gasteiger partial charge in [0.1, 0.15) is 25.9 Å². The second kappa shape index (κ2) is 22.2. The fourth-order valence-corrected chi connectivity index (χ4v) is 3.44. The van der Waals surface area contributed by atoms with E-state index in [-0.39, 0.29) is 19.6 Å². The van der Waals surface area contributed by atoms with E-state index in [0.717, 1.165) is 38.5 Å². The molecule has 37 heavy (non-hydrogen) atoms. The lowest BCUT2D eigenvalue weighted by Crippen LogP contribution is -2.37. The van der Waals surface area contributed by atoms with Crippen LogP contribution >= 0.6 is 7.82 Å². The quantitative estimate of drug-likeness (QED) is 0.0599. The molecule has 212 valence electrons. The number of aliphatic hydroxyl groups is 1. The number of phosphoric ester groups is 1. The Hall–Kier alpha value is -1.80. The molecule has 0 saturated carbocycles. The SMILES string of the molecule is CC/C=C/C/C=C/C/C=C/C/C=C/C/C=C/CCCC(=O)OC[C@@H](O)COP(=O)(O)OCC[N+](C)(C)C. The van der Waals surface area contributed by atoms with Gasteiger partial charge in [-0.1, -0.05) is 67.7 Å². The highest BCUT2D eigenvalue weighted by molar-refractivity contribution is 7.47. The Bertz CT molecular complexity index is 782. The van der Waals surface area contributed by atoms with Crippen LogP contribution in [0.15, 0.2) is 60.8 Å². The molecular formula is C28H49NO7P+. The van der Waals surface area contributed by atoms with Gasteiger partial charge in [-0.3, -0.25) is 13.8 Å². The second-order valence-corrected chi connectivity index (χ2v) is 11.0. The normalized spacial score (nSPS) is 15.5. The minimum atomic E-state index is -4.26. The zero-order valence-electron chi connectivity index (χ0n) is 23.2. The van der Waals surface area contributed by atoms with Gasteiger partial charge in [0, 0.05) is 6.42 Å². The summed E-state index contributed by atoms with van der Waals surface area (Å²) >= 11 is 0. The summed E-state index contributed by atoms with van der Waals surface area (Å²) in [6.07, 6.45) is 26.6. The lowest BCUT2D eigenvalue weighted by molar-refractivity contribution is -0.870. The summed E-state index contributed by atoms with van der Waals surface area (Å²) in [5, 5.41) is 9.82. The first-order valence-corrected chi connectivity index (χ1v) is 14.6. The van der Waals surface area contributed by atoms with Crippen LogP contribution in [0.1, 0.15) is 58.3 Å². The predicted octanol–water partition coefficient (Wildman–Crippen LogP) is 5.65. The van der Waals surface area contributed by atoms with Crippen LogP contribution in [0, 0.1) is 0 Å². The van der Waals surface area contributed by atoms with Crippen molar-refractivity contribution < 1.29 is 37.6 Å². The third kappa shape index (κ3) is 27.1. The zero-order chi connectivity index (χ0) is 27.8. The van der Waals surface area contributed by atoms with E-state index >= 15 is 0 Å². The van der Waals surface area contributed by atoms with Crippen LogP contribution in [-0.4, -0.2) is 74.1 Å². The van der Waals surface area contributed by atoms with Gasteiger partial charge in [0.15, 0.2) is 0 Å². The number of hydrogen-bond donors (Lipinski definition) is 2. The highest BCUT2D eigenvalue weighted by atomic mass is 31.2. The van der Waals surface area contributed by atoms with Gasteiger partial charge >= 0.3 is 13.8 Å². The topological polar surface area (TPSA) is 102 Å². The third-order valence-corrected chi connectivity index (χ3v) is 5.78. The number of hydrogen-bond acceptors (Lipinski definition) is 6. The molecule has 0 radical (unpaired) electrons. The summed E-state index contributed by atoms with van der Waals surface area (Å²) < 4.78 is 27.0. The van der Waals surface area contributed by atoms with Crippen molar-refractivity contribution in [3.8, 4) is 0 Å². The minimum Gasteiger partial charge on any atom is -0.463 e. The van der Waals surface area contributed by atoms with Crippen molar-refractivity contribution in [3.05, 3.63) is 60.8 Å². The van der Waals surface area contributed by atoms with E-state index < -0.39 is 26.5 Å². The molecule has 2 atom stereocenters. The fraction of sp³-hybridized carbons (Fsp3) is 0.607. The lowest BCUT2D eigenvalue weighted by atomic mass is 10.2. The Kier molecular flexibility index (Phi) is 21.1. The molecule has 0 aromatic carbocycles. The first kappa shape index (κ1) is 35.2. The molecule has 0 amide bonds. The number of allylic oxidation sites excluding steroid dienone is 10. The second-order valence-electron chi connectivity index (χ2n) is 9.55. The van der Waals surface area contributed by atoms with Gasteiger partial charge < -0.3 is 19.2 Å². The largest absolute Gasteiger partial charge is 0.472 e. The van der Waals surface area contributed by atoms with E-state index in [9.17, 15) is 19.4 Å². The van der Waals surface area contributed by atoms with Crippen molar-refractivity contribution >= 4 is 13.8 Å². The van der Waals surface area contributed by atoms with Crippen LogP contribution in [-0.2, 0) is 23.1 Å². The van der Waals surface area contributed by atoms with Gasteiger partial charge in [0.05, 0.1) is 27.7 Å². The maximum atomic E-state index is 11.8. The van der Waals surface area contributed by atoms with Crippen molar-refractivity contribution in [1.29, 1.82) is 0 Å². The van der Waals surface area contributed by atoms with Crippen LogP contribution in [0.3, 0.4) is 0 Å². The van der Waals surface area contributed by atoms with Crippen molar-refractivity contribution in [2.75, 3.05) is 47.5 Å². The lowest BCUT2D eigenvalue weighted by Gasteiger charge is -2.24. The Balaban J connectivity index is 3.78. The Morgan fingerprint density at radius 1 is 0.838 bits per heavy atom. The first-order chi connectivity index (χ1) is 17.6. The standard InChI is InChI=1S/C28H48NO7P/c1-5-6-7-8-9-10-11-12-13-14-15-16-17-18-19-20-21-22-28(31)34-25-27(30)26-36-37(32,33)35-24-23-29(2,3)4/h6-7,9-10,12-13,15-16,18-19,27,30H,5,8,11,14,17,20-26H2,1-4H3/p+1/b7-6+,10-9+,13-12+,16-15+,19-18+/t27-/m1/s1. The van der Waals surface area contributed by atoms with Gasteiger partial charge in [-0.25, -0.2) is 4.57 Å². The number of carbonyl (C=O) groups is 1. The van der Waals surface area contributed by atoms with Crippen LogP contribution in [0.25, 0.3) is 0 Å². The highest BCUT2D eigenvalue weighted by Crippen LogP contribution is 2.43. The van der Waals surface area contributed by atoms with Gasteiger partial charge in [-0.15, -0.1) is 0 Å². The molecule has 9 heteroatoms. The van der Waals surface area contributed by atoms with Crippen molar-refractivity contribution in [1.82, 2.24) is 0 Å². The van der Waals surface area contributed by atoms with E-state index in [1.54, 1.807) is 0 Å². The minimum absolute atomic E-state index is 0.0419. The Labute approximate surface area is 224 Å². The Morgan fingerprint density at radius 2 is 1.35 bits per heavy atom. The van der Waals surface area contributed by atoms with E-state index in [4.69, 9.17) is 13.8 Å². The summed E-state index contributed by atoms with van der Waals surface area (Å²) in [4.78, 5) is 21.4. The molecule has 0 spiro atoms. The van der Waals surface area contributed by atoms with Gasteiger partial charge in [-0.2, -0.15) is 0 Å². The molecule has 2 N–H and O–H groups in total. The Morgan fingerprint density at radius 3 is 1.86 bits per heavy atom. The fourth-order valence-electron chi connectivity index (χ4n) is 2.69. The molecule has 0 bridgehead atoms. The molecule has 0 aliphatic heterocycles. The molecule has 0 aromatic heterocycles. The average molecular weight is 543 g/mol. The predicted molar refractivity (Wildman–Crippen MR) is 150 cm³/mol. The monoisotopic (exact) mass is 542 g/mol. The number of phosphoric acid groups is 1. The number of aliphatic hydroxyl groups excluding tert-OH is 1. The number of quaternary nitrogens is 1. The average Bonchev–Trinajstić information content (AvgIpc) is 2.82. The van der Waals surface area contributed by atoms with E-state index in [1.165, 1.54) is 0 Å². The number of unbranched alkanes of at least 4 members (excludes halogenated alkanes) is 1. The van der Waals surface area contributed by atoms with Crippen molar-refractivity contribution in [2.24, 2.45) is 0 Å². The summed E-state index contributed by atoms with van der Waals surface area (Å²) in [5.74, 6) is -0.433. The molecule has 1 unspecified atom stereocenters. The maximum Gasteiger partial charge on any atom is 0.472 e. The van der Waals surface area contributed by atoms with Crippen LogP contribution in [0.5, 0.6) is 0 Å². The summed E-state index contributed by atoms with van der Waals surface area (Å²) in [6.45, 7) is 1.92. The maximum absolute atomic E-state index is 11.8. The third-order valence-electron chi connectivity index (χ3n) is 4.79. The number of rotatable bonds is 22.